The lowest BCUT2D eigenvalue weighted by molar-refractivity contribution is -0.384. The van der Waals surface area contributed by atoms with Crippen LogP contribution in [0.1, 0.15) is 25.0 Å². The number of aliphatic carboxylic acids is 1. The van der Waals surface area contributed by atoms with E-state index in [1.807, 2.05) is 6.92 Å². The minimum Gasteiger partial charge on any atom is -0.481 e. The van der Waals surface area contributed by atoms with Crippen molar-refractivity contribution >= 4 is 11.7 Å². The van der Waals surface area contributed by atoms with Gasteiger partial charge in [0.1, 0.15) is 0 Å². The molecule has 1 N–H and O–H groups in total. The summed E-state index contributed by atoms with van der Waals surface area (Å²) < 4.78 is 0. The van der Waals surface area contributed by atoms with Crippen molar-refractivity contribution < 1.29 is 14.8 Å². The zero-order chi connectivity index (χ0) is 13.2. The molecule has 0 heterocycles. The normalized spacial score (nSPS) is 11.2. The molecule has 0 aromatic heterocycles. The number of hydrogen-bond acceptors (Lipinski definition) is 3. The number of carboxylic acids is 1. The molecule has 1 aromatic rings. The zero-order valence-electron chi connectivity index (χ0n) is 10.1. The lowest BCUT2D eigenvalue weighted by Crippen LogP contribution is -2.26. The molecule has 0 amide bonds. The summed E-state index contributed by atoms with van der Waals surface area (Å²) in [5.41, 5.74) is 0.628. The predicted octanol–water partition coefficient (Wildman–Crippen LogP) is 2.56. The van der Waals surface area contributed by atoms with E-state index in [4.69, 9.17) is 5.11 Å². The smallest absolute Gasteiger partial charge is 0.309 e. The molecule has 0 aliphatic carbocycles. The average molecular weight is 237 g/mol. The van der Waals surface area contributed by atoms with Gasteiger partial charge in [0.15, 0.2) is 0 Å². The van der Waals surface area contributed by atoms with Crippen LogP contribution in [0.15, 0.2) is 18.2 Å². The van der Waals surface area contributed by atoms with Crippen LogP contribution in [0.4, 0.5) is 5.69 Å². The SMILES string of the molecule is Cc1ccc([N+](=O)[O-])cc1CC(C)(C)C(=O)O. The fraction of sp³-hybridized carbons (Fsp3) is 0.417. The van der Waals surface area contributed by atoms with E-state index in [0.717, 1.165) is 5.56 Å². The monoisotopic (exact) mass is 237 g/mol. The second kappa shape index (κ2) is 4.53. The molecule has 5 heteroatoms. The van der Waals surface area contributed by atoms with Gasteiger partial charge >= 0.3 is 5.97 Å². The molecule has 0 bridgehead atoms. The first-order chi connectivity index (χ1) is 7.74. The maximum absolute atomic E-state index is 11.0. The van der Waals surface area contributed by atoms with Crippen LogP contribution >= 0.6 is 0 Å². The summed E-state index contributed by atoms with van der Waals surface area (Å²) in [4.78, 5) is 21.2. The van der Waals surface area contributed by atoms with Crippen molar-refractivity contribution in [2.45, 2.75) is 27.2 Å². The summed E-state index contributed by atoms with van der Waals surface area (Å²) in [5.74, 6) is -0.914. The Morgan fingerprint density at radius 3 is 2.53 bits per heavy atom. The second-order valence-electron chi connectivity index (χ2n) is 4.73. The Morgan fingerprint density at radius 2 is 2.06 bits per heavy atom. The quantitative estimate of drug-likeness (QED) is 0.644. The van der Waals surface area contributed by atoms with Crippen molar-refractivity contribution in [2.24, 2.45) is 5.41 Å². The first-order valence-electron chi connectivity index (χ1n) is 5.21. The van der Waals surface area contributed by atoms with Gasteiger partial charge in [0, 0.05) is 12.1 Å². The van der Waals surface area contributed by atoms with E-state index in [1.54, 1.807) is 19.9 Å². The van der Waals surface area contributed by atoms with Crippen LogP contribution in [0.25, 0.3) is 0 Å². The lowest BCUT2D eigenvalue weighted by atomic mass is 9.84. The first-order valence-corrected chi connectivity index (χ1v) is 5.21. The molecule has 17 heavy (non-hydrogen) atoms. The number of nitro groups is 1. The van der Waals surface area contributed by atoms with Gasteiger partial charge in [-0.05, 0) is 38.3 Å². The Hall–Kier alpha value is -1.91. The van der Waals surface area contributed by atoms with Crippen molar-refractivity contribution in [3.05, 3.63) is 39.4 Å². The maximum atomic E-state index is 11.0. The summed E-state index contributed by atoms with van der Waals surface area (Å²) in [6.45, 7) is 5.03. The van der Waals surface area contributed by atoms with Gasteiger partial charge in [-0.15, -0.1) is 0 Å². The highest BCUT2D eigenvalue weighted by Gasteiger charge is 2.28. The third-order valence-corrected chi connectivity index (χ3v) is 2.75. The van der Waals surface area contributed by atoms with Gasteiger partial charge in [0.25, 0.3) is 5.69 Å². The van der Waals surface area contributed by atoms with Gasteiger partial charge in [-0.25, -0.2) is 0 Å². The minimum absolute atomic E-state index is 0.00760. The van der Waals surface area contributed by atoms with E-state index in [1.165, 1.54) is 12.1 Å². The molecular formula is C12H15NO4. The molecule has 0 saturated heterocycles. The molecule has 5 nitrogen and oxygen atoms in total. The molecule has 0 atom stereocenters. The van der Waals surface area contributed by atoms with Gasteiger partial charge in [0.2, 0.25) is 0 Å². The molecule has 0 aliphatic rings. The van der Waals surface area contributed by atoms with Gasteiger partial charge in [-0.2, -0.15) is 0 Å². The molecule has 0 unspecified atom stereocenters. The van der Waals surface area contributed by atoms with E-state index in [0.29, 0.717) is 5.56 Å². The van der Waals surface area contributed by atoms with Gasteiger partial charge in [-0.1, -0.05) is 6.07 Å². The maximum Gasteiger partial charge on any atom is 0.309 e. The Morgan fingerprint density at radius 1 is 1.47 bits per heavy atom. The Kier molecular flexibility index (Phi) is 3.50. The predicted molar refractivity (Wildman–Crippen MR) is 63.0 cm³/mol. The fourth-order valence-corrected chi connectivity index (χ4v) is 1.51. The number of non-ortho nitro benzene ring substituents is 1. The molecule has 1 aromatic carbocycles. The van der Waals surface area contributed by atoms with Crippen molar-refractivity contribution in [2.75, 3.05) is 0 Å². The van der Waals surface area contributed by atoms with E-state index in [-0.39, 0.29) is 12.1 Å². The van der Waals surface area contributed by atoms with E-state index in [2.05, 4.69) is 0 Å². The number of nitrogens with zero attached hydrogens (tertiary/aromatic N) is 1. The molecule has 0 radical (unpaired) electrons. The van der Waals surface area contributed by atoms with Crippen LogP contribution in [0, 0.1) is 22.5 Å². The molecular weight excluding hydrogens is 222 g/mol. The van der Waals surface area contributed by atoms with Crippen LogP contribution in [-0.2, 0) is 11.2 Å². The van der Waals surface area contributed by atoms with Gasteiger partial charge in [0.05, 0.1) is 10.3 Å². The topological polar surface area (TPSA) is 80.4 Å². The van der Waals surface area contributed by atoms with Crippen molar-refractivity contribution in [1.29, 1.82) is 0 Å². The number of rotatable bonds is 4. The molecule has 0 saturated carbocycles. The third kappa shape index (κ3) is 3.03. The van der Waals surface area contributed by atoms with Crippen molar-refractivity contribution in [3.8, 4) is 0 Å². The summed E-state index contributed by atoms with van der Waals surface area (Å²) in [5, 5.41) is 19.7. The van der Waals surface area contributed by atoms with Crippen LogP contribution in [-0.4, -0.2) is 16.0 Å². The number of aryl methyl sites for hydroxylation is 1. The largest absolute Gasteiger partial charge is 0.481 e. The third-order valence-electron chi connectivity index (χ3n) is 2.75. The van der Waals surface area contributed by atoms with Gasteiger partial charge < -0.3 is 5.11 Å². The number of benzene rings is 1. The summed E-state index contributed by atoms with van der Waals surface area (Å²) in [6.07, 6.45) is 0.274. The highest BCUT2D eigenvalue weighted by atomic mass is 16.6. The van der Waals surface area contributed by atoms with Crippen LogP contribution < -0.4 is 0 Å². The molecule has 0 aliphatic heterocycles. The highest BCUT2D eigenvalue weighted by Crippen LogP contribution is 2.26. The van der Waals surface area contributed by atoms with Gasteiger partial charge in [-0.3, -0.25) is 14.9 Å². The van der Waals surface area contributed by atoms with Crippen LogP contribution in [0.3, 0.4) is 0 Å². The number of carbonyl (C=O) groups is 1. The Bertz CT molecular complexity index is 466. The van der Waals surface area contributed by atoms with Crippen molar-refractivity contribution in [3.63, 3.8) is 0 Å². The number of carboxylic acid groups (broad SMARTS) is 1. The van der Waals surface area contributed by atoms with Crippen LogP contribution in [0.5, 0.6) is 0 Å². The summed E-state index contributed by atoms with van der Waals surface area (Å²) in [6, 6.07) is 4.51. The summed E-state index contributed by atoms with van der Waals surface area (Å²) in [7, 11) is 0. The van der Waals surface area contributed by atoms with E-state index in [9.17, 15) is 14.9 Å². The fourth-order valence-electron chi connectivity index (χ4n) is 1.51. The highest BCUT2D eigenvalue weighted by molar-refractivity contribution is 5.74. The lowest BCUT2D eigenvalue weighted by Gasteiger charge is -2.20. The first kappa shape index (κ1) is 13.2. The number of hydrogen-bond donors (Lipinski definition) is 1. The van der Waals surface area contributed by atoms with Crippen molar-refractivity contribution in [1.82, 2.24) is 0 Å². The molecule has 0 fully saturated rings. The van der Waals surface area contributed by atoms with Crippen LogP contribution in [0.2, 0.25) is 0 Å². The minimum atomic E-state index is -0.931. The zero-order valence-corrected chi connectivity index (χ0v) is 10.1. The molecule has 0 spiro atoms. The van der Waals surface area contributed by atoms with E-state index >= 15 is 0 Å². The average Bonchev–Trinajstić information content (AvgIpc) is 2.20. The number of nitro benzene ring substituents is 1. The summed E-state index contributed by atoms with van der Waals surface area (Å²) >= 11 is 0. The Balaban J connectivity index is 3.10. The standard InChI is InChI=1S/C12H15NO4/c1-8-4-5-10(13(16)17)6-9(8)7-12(2,3)11(14)15/h4-6H,7H2,1-3H3,(H,14,15). The van der Waals surface area contributed by atoms with E-state index < -0.39 is 16.3 Å². The Labute approximate surface area is 99.2 Å². The second-order valence-corrected chi connectivity index (χ2v) is 4.73. The molecule has 92 valence electrons. The molecule has 1 rings (SSSR count).